The zero-order chi connectivity index (χ0) is 27.6. The van der Waals surface area contributed by atoms with Crippen molar-refractivity contribution in [1.82, 2.24) is 19.9 Å². The molecule has 0 bridgehead atoms. The van der Waals surface area contributed by atoms with Crippen LogP contribution in [0.3, 0.4) is 0 Å². The van der Waals surface area contributed by atoms with Gasteiger partial charge in [0.15, 0.2) is 16.8 Å². The van der Waals surface area contributed by atoms with Gasteiger partial charge in [-0.1, -0.05) is 17.8 Å². The summed E-state index contributed by atoms with van der Waals surface area (Å²) in [5, 5.41) is 0.331. The number of amidine groups is 1. The highest BCUT2D eigenvalue weighted by Crippen LogP contribution is 2.47. The van der Waals surface area contributed by atoms with Gasteiger partial charge in [0.2, 0.25) is 11.8 Å². The minimum atomic E-state index is -1.05. The maximum Gasteiger partial charge on any atom is 0.232 e. The van der Waals surface area contributed by atoms with Gasteiger partial charge in [-0.2, -0.15) is 0 Å². The number of thioether (sulfide) groups is 1. The topological polar surface area (TPSA) is 112 Å². The normalized spacial score (nSPS) is 21.9. The molecule has 3 aromatic rings. The molecule has 39 heavy (non-hydrogen) atoms. The quantitative estimate of drug-likeness (QED) is 0.442. The molecular weight excluding hydrogens is 531 g/mol. The summed E-state index contributed by atoms with van der Waals surface area (Å²) in [7, 11) is 1.56. The van der Waals surface area contributed by atoms with Crippen molar-refractivity contribution in [3.05, 3.63) is 71.4 Å². The summed E-state index contributed by atoms with van der Waals surface area (Å²) < 4.78 is 54.5. The average molecular weight is 558 g/mol. The van der Waals surface area contributed by atoms with E-state index in [0.717, 1.165) is 12.4 Å². The van der Waals surface area contributed by atoms with Gasteiger partial charge in [0, 0.05) is 30.9 Å². The third-order valence-electron chi connectivity index (χ3n) is 6.53. The minimum Gasteiger partial charge on any atom is -0.471 e. The van der Waals surface area contributed by atoms with Crippen molar-refractivity contribution in [2.75, 3.05) is 37.5 Å². The Morgan fingerprint density at radius 2 is 2.00 bits per heavy atom. The van der Waals surface area contributed by atoms with Gasteiger partial charge in [0.05, 0.1) is 37.9 Å². The number of aliphatic imine (C=N–C) groups is 1. The molecule has 2 N–H and O–H groups in total. The Hall–Kier alpha value is -3.71. The predicted octanol–water partition coefficient (Wildman–Crippen LogP) is 3.82. The molecule has 4 heterocycles. The zero-order valence-electron chi connectivity index (χ0n) is 21.2. The number of aromatic nitrogens is 4. The van der Waals surface area contributed by atoms with Crippen molar-refractivity contribution < 1.29 is 22.6 Å². The lowest BCUT2D eigenvalue weighted by Gasteiger charge is -2.35. The van der Waals surface area contributed by atoms with Crippen LogP contribution in [0.5, 0.6) is 5.88 Å². The van der Waals surface area contributed by atoms with E-state index < -0.39 is 23.0 Å². The number of methoxy groups -OCH3 is 1. The first kappa shape index (κ1) is 26.9. The molecule has 204 valence electrons. The van der Waals surface area contributed by atoms with E-state index in [2.05, 4.69) is 19.9 Å². The van der Waals surface area contributed by atoms with Gasteiger partial charge < -0.3 is 20.1 Å². The Morgan fingerprint density at radius 1 is 1.21 bits per heavy atom. The van der Waals surface area contributed by atoms with Crippen molar-refractivity contribution in [3.8, 4) is 5.88 Å². The van der Waals surface area contributed by atoms with Gasteiger partial charge in [-0.25, -0.2) is 38.1 Å². The van der Waals surface area contributed by atoms with Crippen LogP contribution < -0.4 is 15.4 Å². The first-order chi connectivity index (χ1) is 18.8. The van der Waals surface area contributed by atoms with Gasteiger partial charge in [-0.15, -0.1) is 0 Å². The number of nitrogens with zero attached hydrogens (tertiary/aromatic N) is 6. The molecule has 2 aromatic heterocycles. The fourth-order valence-electron chi connectivity index (χ4n) is 4.78. The van der Waals surface area contributed by atoms with Gasteiger partial charge in [0.1, 0.15) is 23.2 Å². The van der Waals surface area contributed by atoms with Crippen molar-refractivity contribution in [2.45, 2.75) is 18.6 Å². The second-order valence-electron chi connectivity index (χ2n) is 9.32. The second-order valence-corrected chi connectivity index (χ2v) is 10.4. The minimum absolute atomic E-state index is 0.000455. The smallest absolute Gasteiger partial charge is 0.232 e. The molecule has 3 atom stereocenters. The van der Waals surface area contributed by atoms with Crippen LogP contribution in [0, 0.1) is 17.6 Å². The van der Waals surface area contributed by atoms with Crippen LogP contribution in [0.15, 0.2) is 48.0 Å². The highest BCUT2D eigenvalue weighted by atomic mass is 32.2. The van der Waals surface area contributed by atoms with Crippen LogP contribution in [-0.4, -0.2) is 63.8 Å². The summed E-state index contributed by atoms with van der Waals surface area (Å²) in [6.45, 7) is 2.88. The molecule has 1 saturated heterocycles. The van der Waals surface area contributed by atoms with Crippen molar-refractivity contribution in [3.63, 3.8) is 0 Å². The molecule has 0 aliphatic carbocycles. The molecule has 1 unspecified atom stereocenters. The van der Waals surface area contributed by atoms with E-state index in [9.17, 15) is 4.39 Å². The number of anilines is 1. The van der Waals surface area contributed by atoms with Gasteiger partial charge in [-0.05, 0) is 30.7 Å². The number of nitrogens with two attached hydrogens (primary N) is 1. The molecular formula is C26H26F3N7O2S. The van der Waals surface area contributed by atoms with E-state index in [0.29, 0.717) is 35.6 Å². The third-order valence-corrected chi connectivity index (χ3v) is 7.48. The standard InChI is InChI=1S/C26H26F3N7O2S/c1-15(12-37-2)38-23-10-31-22(9-32-23)21(29)6-16-3-4-20(28)19(5-16)26-14-36(25-33-7-18(27)8-34-25)11-17(26)13-39-24(30)35-26/h3-10,15,17H,11-14H2,1-2H3,(H2,30,35)/b21-6-/t15?,17-,26-/m0/s1. The third kappa shape index (κ3) is 5.69. The summed E-state index contributed by atoms with van der Waals surface area (Å²) in [5.41, 5.74) is 5.76. The molecule has 13 heteroatoms. The van der Waals surface area contributed by atoms with E-state index >= 15 is 8.78 Å². The van der Waals surface area contributed by atoms with E-state index in [1.54, 1.807) is 13.2 Å². The number of hydrogen-bond donors (Lipinski definition) is 1. The second kappa shape index (κ2) is 11.2. The highest BCUT2D eigenvalue weighted by Gasteiger charge is 2.52. The van der Waals surface area contributed by atoms with E-state index in [1.807, 2.05) is 11.8 Å². The van der Waals surface area contributed by atoms with Crippen LogP contribution in [0.25, 0.3) is 11.9 Å². The van der Waals surface area contributed by atoms with E-state index in [1.165, 1.54) is 42.4 Å². The number of hydrogen-bond acceptors (Lipinski definition) is 10. The molecule has 2 aliphatic rings. The van der Waals surface area contributed by atoms with Crippen LogP contribution in [-0.2, 0) is 10.3 Å². The number of rotatable bonds is 8. The monoisotopic (exact) mass is 557 g/mol. The maximum absolute atomic E-state index is 15.4. The first-order valence-electron chi connectivity index (χ1n) is 12.1. The van der Waals surface area contributed by atoms with E-state index in [-0.39, 0.29) is 35.7 Å². The summed E-state index contributed by atoms with van der Waals surface area (Å²) >= 11 is 1.39. The molecule has 5 rings (SSSR count). The lowest BCUT2D eigenvalue weighted by molar-refractivity contribution is 0.0886. The summed E-state index contributed by atoms with van der Waals surface area (Å²) in [4.78, 5) is 22.9. The van der Waals surface area contributed by atoms with Gasteiger partial charge in [-0.3, -0.25) is 0 Å². The van der Waals surface area contributed by atoms with Crippen molar-refractivity contribution in [1.29, 1.82) is 0 Å². The number of ether oxygens (including phenoxy) is 2. The molecule has 0 amide bonds. The zero-order valence-corrected chi connectivity index (χ0v) is 22.0. The summed E-state index contributed by atoms with van der Waals surface area (Å²) in [6.07, 6.45) is 5.77. The summed E-state index contributed by atoms with van der Waals surface area (Å²) in [5.74, 6) is -0.687. The first-order valence-corrected chi connectivity index (χ1v) is 13.1. The Balaban J connectivity index is 1.44. The largest absolute Gasteiger partial charge is 0.471 e. The lowest BCUT2D eigenvalue weighted by Crippen LogP contribution is -2.40. The molecule has 1 fully saturated rings. The van der Waals surface area contributed by atoms with Crippen LogP contribution in [0.1, 0.15) is 23.7 Å². The van der Waals surface area contributed by atoms with Crippen LogP contribution >= 0.6 is 11.8 Å². The molecule has 0 spiro atoms. The molecule has 0 saturated carbocycles. The van der Waals surface area contributed by atoms with Crippen LogP contribution in [0.4, 0.5) is 19.1 Å². The van der Waals surface area contributed by atoms with Crippen molar-refractivity contribution in [2.24, 2.45) is 16.6 Å². The lowest BCUT2D eigenvalue weighted by atomic mass is 9.81. The van der Waals surface area contributed by atoms with Gasteiger partial charge >= 0.3 is 0 Å². The highest BCUT2D eigenvalue weighted by molar-refractivity contribution is 8.13. The Labute approximate surface area is 227 Å². The molecule has 9 nitrogen and oxygen atoms in total. The fraction of sp³-hybridized carbons (Fsp3) is 0.346. The fourth-order valence-corrected chi connectivity index (χ4v) is 5.76. The van der Waals surface area contributed by atoms with Gasteiger partial charge in [0.25, 0.3) is 0 Å². The van der Waals surface area contributed by atoms with E-state index in [4.69, 9.17) is 20.2 Å². The number of fused-ring (bicyclic) bond motifs is 1. The van der Waals surface area contributed by atoms with Crippen molar-refractivity contribution >= 4 is 34.8 Å². The predicted molar refractivity (Wildman–Crippen MR) is 143 cm³/mol. The SMILES string of the molecule is COCC(C)Oc1cnc(/C(F)=C/c2ccc(F)c([C@]34CN(c5ncc(F)cn5)C[C@H]3CSC(N)=N4)c2)cn1. The molecule has 0 radical (unpaired) electrons. The Bertz CT molecular complexity index is 1390. The van der Waals surface area contributed by atoms with Crippen LogP contribution in [0.2, 0.25) is 0 Å². The molecule has 2 aliphatic heterocycles. The number of halogens is 3. The Morgan fingerprint density at radius 3 is 2.72 bits per heavy atom. The Kier molecular flexibility index (Phi) is 7.71. The molecule has 1 aromatic carbocycles. The average Bonchev–Trinajstić information content (AvgIpc) is 3.30. The summed E-state index contributed by atoms with van der Waals surface area (Å²) in [6, 6.07) is 4.33. The number of benzene rings is 1. The maximum atomic E-state index is 15.4.